The van der Waals surface area contributed by atoms with E-state index in [1.54, 1.807) is 17.5 Å². The van der Waals surface area contributed by atoms with Gasteiger partial charge in [0.15, 0.2) is 11.4 Å². The molecule has 1 aliphatic heterocycles. The van der Waals surface area contributed by atoms with Crippen molar-refractivity contribution in [2.75, 3.05) is 5.32 Å². The third kappa shape index (κ3) is 2.18. The van der Waals surface area contributed by atoms with Crippen molar-refractivity contribution in [3.8, 4) is 0 Å². The largest absolute Gasteiger partial charge is 0.375 e. The van der Waals surface area contributed by atoms with Gasteiger partial charge in [-0.05, 0) is 17.5 Å². The number of amides is 1. The smallest absolute Gasteiger partial charge is 0.269 e. The molecule has 0 radical (unpaired) electrons. The molecule has 1 amide bonds. The number of non-ortho nitro benzene ring substituents is 1. The normalized spacial score (nSPS) is 19.6. The van der Waals surface area contributed by atoms with Crippen LogP contribution in [0.4, 0.5) is 11.4 Å². The average molecular weight is 318 g/mol. The Morgan fingerprint density at radius 3 is 2.82 bits per heavy atom. The van der Waals surface area contributed by atoms with Crippen LogP contribution in [0.3, 0.4) is 0 Å². The monoisotopic (exact) mass is 318 g/mol. The number of thiophene rings is 1. The Morgan fingerprint density at radius 2 is 2.18 bits per heavy atom. The molecule has 1 aromatic heterocycles. The minimum Gasteiger partial charge on any atom is -0.375 e. The highest BCUT2D eigenvalue weighted by atomic mass is 32.1. The van der Waals surface area contributed by atoms with Gasteiger partial charge in [0.25, 0.3) is 11.6 Å². The Balaban J connectivity index is 2.00. The van der Waals surface area contributed by atoms with Crippen molar-refractivity contribution in [1.29, 1.82) is 0 Å². The average Bonchev–Trinajstić information content (AvgIpc) is 3.07. The molecule has 1 aliphatic rings. The predicted octanol–water partition coefficient (Wildman–Crippen LogP) is 2.07. The van der Waals surface area contributed by atoms with Gasteiger partial charge in [-0.15, -0.1) is 11.3 Å². The molecule has 2 N–H and O–H groups in total. The maximum absolute atomic E-state index is 12.2. The highest BCUT2D eigenvalue weighted by molar-refractivity contribution is 7.12. The summed E-state index contributed by atoms with van der Waals surface area (Å²) < 4.78 is 0. The van der Waals surface area contributed by atoms with Gasteiger partial charge in [-0.2, -0.15) is 0 Å². The van der Waals surface area contributed by atoms with Crippen molar-refractivity contribution in [2.45, 2.75) is 12.0 Å². The Hall–Kier alpha value is -2.58. The number of aliphatic hydroxyl groups is 1. The maximum atomic E-state index is 12.2. The van der Waals surface area contributed by atoms with Crippen molar-refractivity contribution in [2.24, 2.45) is 0 Å². The van der Waals surface area contributed by atoms with E-state index in [1.807, 2.05) is 0 Å². The topological polar surface area (TPSA) is 110 Å². The van der Waals surface area contributed by atoms with Crippen LogP contribution in [0.25, 0.3) is 0 Å². The summed E-state index contributed by atoms with van der Waals surface area (Å²) >= 11 is 1.20. The number of ketones is 1. The molecule has 0 spiro atoms. The fourth-order valence-corrected chi connectivity index (χ4v) is 3.04. The van der Waals surface area contributed by atoms with Crippen LogP contribution >= 0.6 is 11.3 Å². The van der Waals surface area contributed by atoms with Crippen LogP contribution in [0.1, 0.15) is 21.7 Å². The second kappa shape index (κ2) is 5.00. The zero-order chi connectivity index (χ0) is 15.9. The molecule has 3 rings (SSSR count). The number of carbonyl (C=O) groups is 2. The van der Waals surface area contributed by atoms with E-state index in [-0.39, 0.29) is 16.9 Å². The van der Waals surface area contributed by atoms with Crippen molar-refractivity contribution < 1.29 is 19.6 Å². The van der Waals surface area contributed by atoms with Gasteiger partial charge in [0.05, 0.1) is 16.2 Å². The summed E-state index contributed by atoms with van der Waals surface area (Å²) in [7, 11) is 0. The van der Waals surface area contributed by atoms with Crippen LogP contribution < -0.4 is 5.32 Å². The molecule has 0 saturated heterocycles. The molecule has 0 saturated carbocycles. The summed E-state index contributed by atoms with van der Waals surface area (Å²) in [6.07, 6.45) is -0.465. The fraction of sp³-hybridized carbons (Fsp3) is 0.143. The van der Waals surface area contributed by atoms with Crippen molar-refractivity contribution in [3.63, 3.8) is 0 Å². The van der Waals surface area contributed by atoms with E-state index < -0.39 is 28.6 Å². The van der Waals surface area contributed by atoms with E-state index in [4.69, 9.17) is 0 Å². The zero-order valence-corrected chi connectivity index (χ0v) is 11.9. The zero-order valence-electron chi connectivity index (χ0n) is 11.1. The van der Waals surface area contributed by atoms with E-state index in [0.29, 0.717) is 4.88 Å². The first-order chi connectivity index (χ1) is 10.4. The van der Waals surface area contributed by atoms with Crippen molar-refractivity contribution >= 4 is 34.4 Å². The number of nitrogens with zero attached hydrogens (tertiary/aromatic N) is 1. The lowest BCUT2D eigenvalue weighted by Crippen LogP contribution is -2.36. The van der Waals surface area contributed by atoms with Crippen LogP contribution in [-0.2, 0) is 10.4 Å². The second-order valence-electron chi connectivity index (χ2n) is 4.88. The summed E-state index contributed by atoms with van der Waals surface area (Å²) in [5.74, 6) is -1.15. The minimum atomic E-state index is -2.09. The molecular formula is C14H10N2O5S. The number of fused-ring (bicyclic) bond motifs is 1. The van der Waals surface area contributed by atoms with Gasteiger partial charge in [0, 0.05) is 23.4 Å². The van der Waals surface area contributed by atoms with E-state index >= 15 is 0 Å². The predicted molar refractivity (Wildman–Crippen MR) is 78.9 cm³/mol. The number of hydrogen-bond donors (Lipinski definition) is 2. The van der Waals surface area contributed by atoms with Gasteiger partial charge in [0.2, 0.25) is 0 Å². The van der Waals surface area contributed by atoms with E-state index in [0.717, 1.165) is 6.07 Å². The first-order valence-electron chi connectivity index (χ1n) is 6.31. The van der Waals surface area contributed by atoms with Crippen LogP contribution in [0, 0.1) is 10.1 Å². The molecule has 0 bridgehead atoms. The summed E-state index contributed by atoms with van der Waals surface area (Å²) in [4.78, 5) is 34.9. The molecule has 1 aromatic carbocycles. The van der Waals surface area contributed by atoms with Gasteiger partial charge >= 0.3 is 0 Å². The van der Waals surface area contributed by atoms with E-state index in [9.17, 15) is 24.8 Å². The van der Waals surface area contributed by atoms with Gasteiger partial charge in [0.1, 0.15) is 0 Å². The molecule has 2 aromatic rings. The second-order valence-corrected chi connectivity index (χ2v) is 5.83. The van der Waals surface area contributed by atoms with Crippen LogP contribution in [0.5, 0.6) is 0 Å². The van der Waals surface area contributed by atoms with E-state index in [2.05, 4.69) is 5.32 Å². The van der Waals surface area contributed by atoms with Gasteiger partial charge in [-0.3, -0.25) is 19.7 Å². The number of hydrogen-bond acceptors (Lipinski definition) is 6. The lowest BCUT2D eigenvalue weighted by Gasteiger charge is -2.19. The summed E-state index contributed by atoms with van der Waals surface area (Å²) in [6, 6.07) is 6.98. The minimum absolute atomic E-state index is 0.0524. The number of nitro groups is 1. The van der Waals surface area contributed by atoms with E-state index in [1.165, 1.54) is 23.5 Å². The molecule has 1 atom stereocenters. The maximum Gasteiger partial charge on any atom is 0.269 e. The Bertz CT molecular complexity index is 787. The Labute approximate surface area is 128 Å². The molecule has 2 heterocycles. The van der Waals surface area contributed by atoms with Crippen LogP contribution in [0.2, 0.25) is 0 Å². The highest BCUT2D eigenvalue weighted by Gasteiger charge is 2.47. The number of rotatable bonds is 4. The number of anilines is 1. The first kappa shape index (κ1) is 14.4. The third-order valence-corrected chi connectivity index (χ3v) is 4.41. The van der Waals surface area contributed by atoms with Crippen LogP contribution in [-0.4, -0.2) is 21.7 Å². The van der Waals surface area contributed by atoms with Gasteiger partial charge in [-0.25, -0.2) is 0 Å². The molecular weight excluding hydrogens is 308 g/mol. The molecule has 7 nitrogen and oxygen atoms in total. The highest BCUT2D eigenvalue weighted by Crippen LogP contribution is 2.41. The summed E-state index contributed by atoms with van der Waals surface area (Å²) in [5, 5.41) is 25.6. The summed E-state index contributed by atoms with van der Waals surface area (Å²) in [5.41, 5.74) is -2.02. The number of Topliss-reactive ketones (excluding diaryl/α,β-unsaturated/α-hetero) is 1. The number of benzene rings is 1. The standard InChI is InChI=1S/C14H10N2O5S/c17-11(12-2-1-5-22-12)7-14(19)9-6-8(16(20)21)3-4-10(9)15-13(14)18/h1-6,19H,7H2,(H,15,18). The molecule has 0 fully saturated rings. The quantitative estimate of drug-likeness (QED) is 0.509. The third-order valence-electron chi connectivity index (χ3n) is 3.50. The van der Waals surface area contributed by atoms with Gasteiger partial charge < -0.3 is 10.4 Å². The van der Waals surface area contributed by atoms with Crippen molar-refractivity contribution in [1.82, 2.24) is 0 Å². The number of carbonyl (C=O) groups excluding carboxylic acids is 2. The lowest BCUT2D eigenvalue weighted by molar-refractivity contribution is -0.385. The molecule has 8 heteroatoms. The molecule has 22 heavy (non-hydrogen) atoms. The fourth-order valence-electron chi connectivity index (χ4n) is 2.38. The number of nitrogens with one attached hydrogen (secondary N) is 1. The van der Waals surface area contributed by atoms with Crippen LogP contribution in [0.15, 0.2) is 35.7 Å². The van der Waals surface area contributed by atoms with Crippen molar-refractivity contribution in [3.05, 3.63) is 56.3 Å². The number of nitro benzene ring substituents is 1. The SMILES string of the molecule is O=C(CC1(O)C(=O)Nc2ccc([N+](=O)[O-])cc21)c1cccs1. The first-order valence-corrected chi connectivity index (χ1v) is 7.19. The summed E-state index contributed by atoms with van der Waals surface area (Å²) in [6.45, 7) is 0. The van der Waals surface area contributed by atoms with Gasteiger partial charge in [-0.1, -0.05) is 6.07 Å². The lowest BCUT2D eigenvalue weighted by atomic mass is 9.89. The Kier molecular flexibility index (Phi) is 3.27. The molecule has 0 aliphatic carbocycles. The molecule has 112 valence electrons. The molecule has 1 unspecified atom stereocenters. The Morgan fingerprint density at radius 1 is 1.41 bits per heavy atom.